The molecule has 2 unspecified atom stereocenters. The van der Waals surface area contributed by atoms with E-state index >= 15 is 0 Å². The first kappa shape index (κ1) is 79.3. The molecule has 0 aliphatic rings. The number of esters is 1. The van der Waals surface area contributed by atoms with Crippen LogP contribution in [0.4, 0.5) is 0 Å². The molecule has 0 rings (SSSR count). The van der Waals surface area contributed by atoms with Crippen LogP contribution in [-0.2, 0) is 14.3 Å². The van der Waals surface area contributed by atoms with Gasteiger partial charge in [0.2, 0.25) is 5.91 Å². The van der Waals surface area contributed by atoms with Gasteiger partial charge in [0.15, 0.2) is 0 Å². The van der Waals surface area contributed by atoms with E-state index in [1.807, 2.05) is 6.08 Å². The zero-order valence-electron chi connectivity index (χ0n) is 55.0. The summed E-state index contributed by atoms with van der Waals surface area (Å²) in [6.07, 6.45) is 90.0. The first-order valence-electron chi connectivity index (χ1n) is 37.1. The molecule has 0 spiro atoms. The van der Waals surface area contributed by atoms with Crippen LogP contribution in [-0.4, -0.2) is 47.4 Å². The molecule has 2 atom stereocenters. The Kier molecular flexibility index (Phi) is 69.4. The van der Waals surface area contributed by atoms with E-state index in [1.165, 1.54) is 353 Å². The monoisotopic (exact) mass is 1140 g/mol. The number of allylic oxidation sites excluding steroid dienone is 3. The Hall–Kier alpha value is -1.66. The lowest BCUT2D eigenvalue weighted by Crippen LogP contribution is -2.45. The quantitative estimate of drug-likeness (QED) is 0.0320. The molecule has 0 radical (unpaired) electrons. The number of ether oxygens (including phenoxy) is 1. The van der Waals surface area contributed by atoms with E-state index < -0.39 is 12.1 Å². The third-order valence-electron chi connectivity index (χ3n) is 17.5. The second-order valence-electron chi connectivity index (χ2n) is 25.6. The van der Waals surface area contributed by atoms with Crippen molar-refractivity contribution in [1.82, 2.24) is 5.32 Å². The second-order valence-corrected chi connectivity index (χ2v) is 25.6. The van der Waals surface area contributed by atoms with Crippen LogP contribution in [0.2, 0.25) is 0 Å². The summed E-state index contributed by atoms with van der Waals surface area (Å²) in [5.41, 5.74) is 0. The Morgan fingerprint density at radius 2 is 0.580 bits per heavy atom. The maximum absolute atomic E-state index is 12.5. The van der Waals surface area contributed by atoms with Crippen molar-refractivity contribution in [2.45, 2.75) is 431 Å². The predicted octanol–water partition coefficient (Wildman–Crippen LogP) is 24.1. The lowest BCUT2D eigenvalue weighted by atomic mass is 10.0. The molecule has 0 aromatic rings. The highest BCUT2D eigenvalue weighted by Gasteiger charge is 2.18. The minimum atomic E-state index is -0.841. The Morgan fingerprint density at radius 3 is 0.877 bits per heavy atom. The molecule has 0 heterocycles. The summed E-state index contributed by atoms with van der Waals surface area (Å²) in [5.74, 6) is -0.0385. The summed E-state index contributed by atoms with van der Waals surface area (Å²) in [5, 5.41) is 23.2. The Morgan fingerprint density at radius 1 is 0.333 bits per heavy atom. The Bertz CT molecular complexity index is 1270. The van der Waals surface area contributed by atoms with Crippen LogP contribution in [0.5, 0.6) is 0 Å². The second kappa shape index (κ2) is 70.8. The number of unbranched alkanes of at least 4 members (excludes halogenated alkanes) is 57. The van der Waals surface area contributed by atoms with Crippen molar-refractivity contribution >= 4 is 11.9 Å². The van der Waals surface area contributed by atoms with Crippen LogP contribution in [0.3, 0.4) is 0 Å². The van der Waals surface area contributed by atoms with Crippen molar-refractivity contribution in [2.24, 2.45) is 0 Å². The van der Waals surface area contributed by atoms with Gasteiger partial charge in [-0.25, -0.2) is 0 Å². The molecule has 3 N–H and O–H groups in total. The normalized spacial score (nSPS) is 12.6. The molecule has 6 nitrogen and oxygen atoms in total. The lowest BCUT2D eigenvalue weighted by Gasteiger charge is -2.20. The minimum Gasteiger partial charge on any atom is -0.466 e. The fraction of sp³-hybridized carbons (Fsp3) is 0.920. The molecule has 0 aliphatic carbocycles. The van der Waals surface area contributed by atoms with E-state index in [2.05, 4.69) is 31.3 Å². The van der Waals surface area contributed by atoms with Crippen molar-refractivity contribution < 1.29 is 24.5 Å². The smallest absolute Gasteiger partial charge is 0.305 e. The van der Waals surface area contributed by atoms with Crippen LogP contribution in [0.25, 0.3) is 0 Å². The number of aliphatic hydroxyl groups excluding tert-OH is 2. The van der Waals surface area contributed by atoms with E-state index in [0.29, 0.717) is 19.4 Å². The van der Waals surface area contributed by atoms with Gasteiger partial charge in [0.1, 0.15) is 0 Å². The SMILES string of the molecule is CCCCCCCCCCCCCC/C=C/C(O)C(CO)NC(=O)CCCCCCCCCCCCCCCCCCC/C=C\CCCCCCCCCCCCCCCCOC(=O)CCCCCCCCCCCCCCCCC. The van der Waals surface area contributed by atoms with Crippen molar-refractivity contribution in [3.63, 3.8) is 0 Å². The van der Waals surface area contributed by atoms with Gasteiger partial charge in [0, 0.05) is 12.8 Å². The summed E-state index contributed by atoms with van der Waals surface area (Å²) in [4.78, 5) is 24.6. The summed E-state index contributed by atoms with van der Waals surface area (Å²) in [6, 6.07) is -0.624. The van der Waals surface area contributed by atoms with Gasteiger partial charge in [-0.3, -0.25) is 9.59 Å². The van der Waals surface area contributed by atoms with Gasteiger partial charge >= 0.3 is 5.97 Å². The van der Waals surface area contributed by atoms with Gasteiger partial charge in [-0.2, -0.15) is 0 Å². The largest absolute Gasteiger partial charge is 0.466 e. The van der Waals surface area contributed by atoms with Crippen LogP contribution in [0.1, 0.15) is 418 Å². The van der Waals surface area contributed by atoms with Gasteiger partial charge in [-0.1, -0.05) is 372 Å². The van der Waals surface area contributed by atoms with Gasteiger partial charge in [-0.05, 0) is 57.8 Å². The van der Waals surface area contributed by atoms with Crippen molar-refractivity contribution in [3.8, 4) is 0 Å². The Labute approximate surface area is 507 Å². The lowest BCUT2D eigenvalue weighted by molar-refractivity contribution is -0.143. The van der Waals surface area contributed by atoms with E-state index in [1.54, 1.807) is 6.08 Å². The minimum absolute atomic E-state index is 0.0236. The van der Waals surface area contributed by atoms with E-state index in [9.17, 15) is 19.8 Å². The van der Waals surface area contributed by atoms with Crippen molar-refractivity contribution in [3.05, 3.63) is 24.3 Å². The first-order chi connectivity index (χ1) is 40.0. The first-order valence-corrected chi connectivity index (χ1v) is 37.1. The number of amides is 1. The molecule has 0 saturated heterocycles. The summed E-state index contributed by atoms with van der Waals surface area (Å²) < 4.78 is 5.50. The molecule has 0 aromatic heterocycles. The maximum Gasteiger partial charge on any atom is 0.305 e. The molecule has 0 aliphatic heterocycles. The zero-order valence-corrected chi connectivity index (χ0v) is 55.0. The van der Waals surface area contributed by atoms with E-state index in [4.69, 9.17) is 4.74 Å². The average Bonchev–Trinajstić information content (AvgIpc) is 3.47. The number of hydrogen-bond acceptors (Lipinski definition) is 5. The average molecular weight is 1140 g/mol. The topological polar surface area (TPSA) is 95.9 Å². The third kappa shape index (κ3) is 67.3. The van der Waals surface area contributed by atoms with Crippen LogP contribution in [0.15, 0.2) is 24.3 Å². The molecule has 0 aromatic carbocycles. The van der Waals surface area contributed by atoms with Gasteiger partial charge in [0.05, 0.1) is 25.4 Å². The molecule has 480 valence electrons. The Balaban J connectivity index is 3.33. The molecule has 0 bridgehead atoms. The predicted molar refractivity (Wildman–Crippen MR) is 356 cm³/mol. The van der Waals surface area contributed by atoms with Gasteiger partial charge in [-0.15, -0.1) is 0 Å². The molecule has 0 saturated carbocycles. The zero-order chi connectivity index (χ0) is 58.5. The molecular weight excluding hydrogens is 995 g/mol. The molecule has 0 fully saturated rings. The fourth-order valence-corrected chi connectivity index (χ4v) is 11.8. The van der Waals surface area contributed by atoms with E-state index in [-0.39, 0.29) is 18.5 Å². The van der Waals surface area contributed by atoms with Crippen molar-refractivity contribution in [1.29, 1.82) is 0 Å². The highest BCUT2D eigenvalue weighted by atomic mass is 16.5. The number of nitrogens with one attached hydrogen (secondary N) is 1. The van der Waals surface area contributed by atoms with Crippen LogP contribution < -0.4 is 5.32 Å². The number of carbonyl (C=O) groups excluding carboxylic acids is 2. The number of rotatable bonds is 70. The third-order valence-corrected chi connectivity index (χ3v) is 17.5. The summed E-state index contributed by atoms with van der Waals surface area (Å²) in [6.45, 7) is 4.94. The summed E-state index contributed by atoms with van der Waals surface area (Å²) in [7, 11) is 0. The molecule has 81 heavy (non-hydrogen) atoms. The highest BCUT2D eigenvalue weighted by molar-refractivity contribution is 5.76. The standard InChI is InChI=1S/C75H145NO5/c1-3-5-7-9-11-13-15-17-40-45-49-53-57-61-65-69-75(80)81-70-66-62-58-54-50-46-42-39-37-35-33-31-29-27-25-23-21-19-20-22-24-26-28-30-32-34-36-38-41-44-48-52-56-60-64-68-74(79)76-72(71-77)73(78)67-63-59-55-51-47-43-18-16-14-12-10-8-6-4-2/h21,23,63,67,72-73,77-78H,3-20,22,24-62,64-66,68-71H2,1-2H3,(H,76,79)/b23-21-,67-63+. The number of carbonyl (C=O) groups is 2. The maximum atomic E-state index is 12.5. The van der Waals surface area contributed by atoms with Crippen LogP contribution in [0, 0.1) is 0 Å². The fourth-order valence-electron chi connectivity index (χ4n) is 11.8. The van der Waals surface area contributed by atoms with Gasteiger partial charge in [0.25, 0.3) is 0 Å². The highest BCUT2D eigenvalue weighted by Crippen LogP contribution is 2.19. The summed E-state index contributed by atoms with van der Waals surface area (Å²) >= 11 is 0. The van der Waals surface area contributed by atoms with Crippen molar-refractivity contribution in [2.75, 3.05) is 13.2 Å². The van der Waals surface area contributed by atoms with Gasteiger partial charge < -0.3 is 20.3 Å². The molecule has 1 amide bonds. The van der Waals surface area contributed by atoms with Crippen LogP contribution >= 0.6 is 0 Å². The molecule has 6 heteroatoms. The number of hydrogen-bond donors (Lipinski definition) is 3. The molecular formula is C75H145NO5. The number of aliphatic hydroxyl groups is 2. The van der Waals surface area contributed by atoms with E-state index in [0.717, 1.165) is 38.5 Å².